The summed E-state index contributed by atoms with van der Waals surface area (Å²) >= 11 is 6.26. The highest BCUT2D eigenvalue weighted by molar-refractivity contribution is 6.32. The van der Waals surface area contributed by atoms with Crippen molar-refractivity contribution in [2.24, 2.45) is 0 Å². The number of aryl methyl sites for hydroxylation is 1. The van der Waals surface area contributed by atoms with E-state index in [9.17, 15) is 4.79 Å². The van der Waals surface area contributed by atoms with Crippen molar-refractivity contribution in [3.05, 3.63) is 88.6 Å². The standard InChI is InChI=1S/C27H25ClN6O4/c1-17-12-30-20(13-29-17)14-32-27(35)38-24-15-31-26(34-10-9-19-5-3-4-6-22(19)34)33-25(24)37-16-18-7-8-23(36-2)21(28)11-18/h3-8,11-13,15H,9-10,14,16H2,1-2H3,(H,32,35). The fourth-order valence-corrected chi connectivity index (χ4v) is 4.24. The molecule has 0 unspecified atom stereocenters. The first-order chi connectivity index (χ1) is 18.5. The number of carbonyl (C=O) groups excluding carboxylic acids is 1. The first kappa shape index (κ1) is 25.2. The number of anilines is 2. The third-order valence-electron chi connectivity index (χ3n) is 5.88. The van der Waals surface area contributed by atoms with Crippen molar-refractivity contribution in [1.29, 1.82) is 0 Å². The number of amides is 1. The van der Waals surface area contributed by atoms with Gasteiger partial charge in [-0.15, -0.1) is 0 Å². The zero-order valence-corrected chi connectivity index (χ0v) is 21.6. The zero-order chi connectivity index (χ0) is 26.5. The van der Waals surface area contributed by atoms with E-state index in [1.807, 2.05) is 36.1 Å². The molecule has 4 aromatic rings. The Hall–Kier alpha value is -4.44. The van der Waals surface area contributed by atoms with Gasteiger partial charge in [-0.25, -0.2) is 9.78 Å². The van der Waals surface area contributed by atoms with Crippen LogP contribution in [0.4, 0.5) is 16.4 Å². The lowest BCUT2D eigenvalue weighted by Crippen LogP contribution is -2.27. The summed E-state index contributed by atoms with van der Waals surface area (Å²) in [5.74, 6) is 1.21. The quantitative estimate of drug-likeness (QED) is 0.342. The number of nitrogens with zero attached hydrogens (tertiary/aromatic N) is 5. The summed E-state index contributed by atoms with van der Waals surface area (Å²) in [7, 11) is 1.55. The maximum absolute atomic E-state index is 12.6. The van der Waals surface area contributed by atoms with E-state index in [2.05, 4.69) is 31.3 Å². The van der Waals surface area contributed by atoms with Gasteiger partial charge in [0.15, 0.2) is 0 Å². The Kier molecular flexibility index (Phi) is 7.50. The fraction of sp³-hybridized carbons (Fsp3) is 0.222. The average molecular weight is 533 g/mol. The number of ether oxygens (including phenoxy) is 3. The summed E-state index contributed by atoms with van der Waals surface area (Å²) in [5, 5.41) is 3.11. The highest BCUT2D eigenvalue weighted by atomic mass is 35.5. The lowest BCUT2D eigenvalue weighted by atomic mass is 10.2. The van der Waals surface area contributed by atoms with Crippen molar-refractivity contribution in [2.75, 3.05) is 18.6 Å². The maximum Gasteiger partial charge on any atom is 0.413 e. The second-order valence-corrected chi connectivity index (χ2v) is 8.93. The monoisotopic (exact) mass is 532 g/mol. The van der Waals surface area contributed by atoms with Crippen LogP contribution in [0.15, 0.2) is 61.1 Å². The maximum atomic E-state index is 12.6. The molecule has 1 amide bonds. The summed E-state index contributed by atoms with van der Waals surface area (Å²) in [4.78, 5) is 32.0. The Morgan fingerprint density at radius 2 is 1.95 bits per heavy atom. The van der Waals surface area contributed by atoms with E-state index in [1.54, 1.807) is 31.6 Å². The number of hydrogen-bond acceptors (Lipinski definition) is 9. The number of nitrogens with one attached hydrogen (secondary N) is 1. The van der Waals surface area contributed by atoms with Crippen LogP contribution in [0.25, 0.3) is 0 Å². The first-order valence-electron chi connectivity index (χ1n) is 11.9. The Morgan fingerprint density at radius 1 is 1.08 bits per heavy atom. The molecular formula is C27H25ClN6O4. The molecule has 1 aliphatic rings. The van der Waals surface area contributed by atoms with E-state index < -0.39 is 6.09 Å². The van der Waals surface area contributed by atoms with Gasteiger partial charge in [0.25, 0.3) is 5.88 Å². The second-order valence-electron chi connectivity index (χ2n) is 8.52. The van der Waals surface area contributed by atoms with Crippen molar-refractivity contribution >= 4 is 29.3 Å². The van der Waals surface area contributed by atoms with Crippen LogP contribution in [-0.4, -0.2) is 39.7 Å². The molecule has 10 nitrogen and oxygen atoms in total. The van der Waals surface area contributed by atoms with Crippen LogP contribution in [0.1, 0.15) is 22.5 Å². The molecule has 0 bridgehead atoms. The Labute approximate surface area is 224 Å². The number of methoxy groups -OCH3 is 1. The van der Waals surface area contributed by atoms with Crippen LogP contribution >= 0.6 is 11.6 Å². The van der Waals surface area contributed by atoms with Crippen LogP contribution < -0.4 is 24.4 Å². The van der Waals surface area contributed by atoms with E-state index >= 15 is 0 Å². The van der Waals surface area contributed by atoms with E-state index in [1.165, 1.54) is 11.8 Å². The number of aromatic nitrogens is 4. The number of benzene rings is 2. The van der Waals surface area contributed by atoms with E-state index in [-0.39, 0.29) is 24.8 Å². The van der Waals surface area contributed by atoms with Gasteiger partial charge in [0.2, 0.25) is 11.7 Å². The zero-order valence-electron chi connectivity index (χ0n) is 20.8. The Bertz CT molecular complexity index is 1450. The Balaban J connectivity index is 1.35. The van der Waals surface area contributed by atoms with Gasteiger partial charge in [-0.1, -0.05) is 35.9 Å². The van der Waals surface area contributed by atoms with Gasteiger partial charge in [0.1, 0.15) is 12.4 Å². The number of carbonyl (C=O) groups is 1. The molecule has 2 aromatic heterocycles. The number of hydrogen-bond donors (Lipinski definition) is 1. The van der Waals surface area contributed by atoms with Gasteiger partial charge in [0, 0.05) is 18.4 Å². The average Bonchev–Trinajstić information content (AvgIpc) is 3.36. The van der Waals surface area contributed by atoms with E-state index in [0.717, 1.165) is 29.9 Å². The fourth-order valence-electron chi connectivity index (χ4n) is 3.96. The van der Waals surface area contributed by atoms with Crippen LogP contribution in [0, 0.1) is 6.92 Å². The van der Waals surface area contributed by atoms with Crippen molar-refractivity contribution in [1.82, 2.24) is 25.3 Å². The highest BCUT2D eigenvalue weighted by Crippen LogP contribution is 2.35. The van der Waals surface area contributed by atoms with Gasteiger partial charge in [-0.3, -0.25) is 9.97 Å². The number of fused-ring (bicyclic) bond motifs is 1. The lowest BCUT2D eigenvalue weighted by molar-refractivity contribution is 0.194. The minimum Gasteiger partial charge on any atom is -0.495 e. The van der Waals surface area contributed by atoms with Crippen LogP contribution in [-0.2, 0) is 19.6 Å². The normalized spacial score (nSPS) is 12.1. The third-order valence-corrected chi connectivity index (χ3v) is 6.18. The van der Waals surface area contributed by atoms with E-state index in [4.69, 9.17) is 25.8 Å². The number of rotatable bonds is 8. The minimum atomic E-state index is -0.701. The topological polar surface area (TPSA) is 112 Å². The number of para-hydroxylation sites is 1. The Morgan fingerprint density at radius 3 is 2.74 bits per heavy atom. The first-order valence-corrected chi connectivity index (χ1v) is 12.3. The molecule has 0 fully saturated rings. The van der Waals surface area contributed by atoms with Crippen molar-refractivity contribution < 1.29 is 19.0 Å². The summed E-state index contributed by atoms with van der Waals surface area (Å²) in [6, 6.07) is 13.4. The summed E-state index contributed by atoms with van der Waals surface area (Å²) in [6.45, 7) is 2.85. The molecule has 5 rings (SSSR count). The molecular weight excluding hydrogens is 508 g/mol. The molecule has 38 heavy (non-hydrogen) atoms. The van der Waals surface area contributed by atoms with E-state index in [0.29, 0.717) is 22.4 Å². The van der Waals surface area contributed by atoms with Gasteiger partial charge in [-0.05, 0) is 42.7 Å². The van der Waals surface area contributed by atoms with Crippen molar-refractivity contribution in [2.45, 2.75) is 26.5 Å². The lowest BCUT2D eigenvalue weighted by Gasteiger charge is -2.19. The molecule has 3 heterocycles. The third kappa shape index (κ3) is 5.76. The molecule has 2 aromatic carbocycles. The molecule has 0 aliphatic carbocycles. The molecule has 0 radical (unpaired) electrons. The molecule has 11 heteroatoms. The highest BCUT2D eigenvalue weighted by Gasteiger charge is 2.24. The SMILES string of the molecule is COc1ccc(COc2nc(N3CCc4ccccc43)ncc2OC(=O)NCc2cnc(C)cn2)cc1Cl. The molecule has 1 N–H and O–H groups in total. The van der Waals surface area contributed by atoms with Gasteiger partial charge in [0.05, 0.1) is 42.5 Å². The molecule has 0 saturated heterocycles. The smallest absolute Gasteiger partial charge is 0.413 e. The molecule has 0 atom stereocenters. The minimum absolute atomic E-state index is 0.0772. The van der Waals surface area contributed by atoms with Crippen molar-refractivity contribution in [3.8, 4) is 17.4 Å². The van der Waals surface area contributed by atoms with Crippen LogP contribution in [0.3, 0.4) is 0 Å². The summed E-state index contributed by atoms with van der Waals surface area (Å²) in [5.41, 5.74) is 4.42. The van der Waals surface area contributed by atoms with Crippen LogP contribution in [0.5, 0.6) is 17.4 Å². The van der Waals surface area contributed by atoms with Gasteiger partial charge >= 0.3 is 6.09 Å². The second kappa shape index (κ2) is 11.3. The van der Waals surface area contributed by atoms with Gasteiger partial charge in [-0.2, -0.15) is 4.98 Å². The largest absolute Gasteiger partial charge is 0.495 e. The molecule has 1 aliphatic heterocycles. The summed E-state index contributed by atoms with van der Waals surface area (Å²) < 4.78 is 16.7. The molecule has 194 valence electrons. The predicted octanol–water partition coefficient (Wildman–Crippen LogP) is 4.80. The molecule has 0 spiro atoms. The molecule has 0 saturated carbocycles. The van der Waals surface area contributed by atoms with Crippen LogP contribution in [0.2, 0.25) is 5.02 Å². The summed E-state index contributed by atoms with van der Waals surface area (Å²) in [6.07, 6.45) is 4.83. The van der Waals surface area contributed by atoms with Gasteiger partial charge < -0.3 is 24.4 Å². The number of halogens is 1. The predicted molar refractivity (Wildman–Crippen MR) is 141 cm³/mol. The van der Waals surface area contributed by atoms with Crippen molar-refractivity contribution in [3.63, 3.8) is 0 Å².